The van der Waals surface area contributed by atoms with Crippen molar-refractivity contribution in [3.8, 4) is 0 Å². The minimum Gasteiger partial charge on any atom is -0.399 e. The van der Waals surface area contributed by atoms with E-state index in [0.29, 0.717) is 11.3 Å². The highest BCUT2D eigenvalue weighted by Crippen LogP contribution is 2.24. The first-order valence-electron chi connectivity index (χ1n) is 6.27. The highest BCUT2D eigenvalue weighted by Gasteiger charge is 2.27. The van der Waals surface area contributed by atoms with E-state index in [-0.39, 0.29) is 17.4 Å². The molecule has 18 heavy (non-hydrogen) atoms. The van der Waals surface area contributed by atoms with Crippen molar-refractivity contribution in [1.82, 2.24) is 4.90 Å². The number of anilines is 1. The second-order valence-corrected chi connectivity index (χ2v) is 6.09. The Morgan fingerprint density at radius 2 is 1.83 bits per heavy atom. The maximum absolute atomic E-state index is 12.4. The monoisotopic (exact) mass is 248 g/mol. The van der Waals surface area contributed by atoms with Crippen LogP contribution >= 0.6 is 0 Å². The molecule has 0 heterocycles. The van der Waals surface area contributed by atoms with Crippen LogP contribution < -0.4 is 5.73 Å². The Hall–Kier alpha value is -1.51. The van der Waals surface area contributed by atoms with Crippen molar-refractivity contribution < 1.29 is 4.79 Å². The molecule has 0 aliphatic carbocycles. The van der Waals surface area contributed by atoms with Crippen LogP contribution in [-0.4, -0.2) is 23.9 Å². The molecule has 0 spiro atoms. The zero-order chi connectivity index (χ0) is 14.1. The predicted molar refractivity (Wildman–Crippen MR) is 76.6 cm³/mol. The lowest BCUT2D eigenvalue weighted by atomic mass is 9.87. The van der Waals surface area contributed by atoms with Gasteiger partial charge in [-0.05, 0) is 43.0 Å². The molecule has 1 atom stereocenters. The lowest BCUT2D eigenvalue weighted by Gasteiger charge is -2.35. The van der Waals surface area contributed by atoms with Crippen LogP contribution in [0.15, 0.2) is 18.2 Å². The molecule has 0 saturated heterocycles. The van der Waals surface area contributed by atoms with E-state index in [2.05, 4.69) is 27.7 Å². The molecule has 2 N–H and O–H groups in total. The van der Waals surface area contributed by atoms with Gasteiger partial charge in [-0.2, -0.15) is 0 Å². The van der Waals surface area contributed by atoms with Gasteiger partial charge in [-0.1, -0.05) is 20.8 Å². The van der Waals surface area contributed by atoms with Crippen LogP contribution in [0.3, 0.4) is 0 Å². The molecular weight excluding hydrogens is 224 g/mol. The normalized spacial score (nSPS) is 13.2. The Bertz CT molecular complexity index is 426. The molecule has 1 amide bonds. The molecule has 0 radical (unpaired) electrons. The number of benzene rings is 1. The average molecular weight is 248 g/mol. The lowest BCUT2D eigenvalue weighted by molar-refractivity contribution is 0.0629. The summed E-state index contributed by atoms with van der Waals surface area (Å²) < 4.78 is 0. The van der Waals surface area contributed by atoms with Gasteiger partial charge in [0.25, 0.3) is 5.91 Å². The summed E-state index contributed by atoms with van der Waals surface area (Å²) in [6.45, 7) is 10.4. The minimum absolute atomic E-state index is 0.0211. The van der Waals surface area contributed by atoms with E-state index in [1.165, 1.54) is 0 Å². The maximum Gasteiger partial charge on any atom is 0.253 e. The highest BCUT2D eigenvalue weighted by molar-refractivity contribution is 5.95. The SMILES string of the molecule is Cc1cc(N)cc(C(=O)N(C)C(C)C(C)(C)C)c1. The smallest absolute Gasteiger partial charge is 0.253 e. The maximum atomic E-state index is 12.4. The number of nitrogen functional groups attached to an aromatic ring is 1. The zero-order valence-corrected chi connectivity index (χ0v) is 12.2. The predicted octanol–water partition coefficient (Wildman–Crippen LogP) is 3.08. The number of amides is 1. The Balaban J connectivity index is 3.00. The molecule has 1 unspecified atom stereocenters. The van der Waals surface area contributed by atoms with Crippen LogP contribution in [0.5, 0.6) is 0 Å². The number of carbonyl (C=O) groups excluding carboxylic acids is 1. The first-order chi connectivity index (χ1) is 8.12. The molecule has 0 aromatic heterocycles. The Kier molecular flexibility index (Phi) is 4.05. The lowest BCUT2D eigenvalue weighted by Crippen LogP contribution is -2.43. The van der Waals surface area contributed by atoms with E-state index in [4.69, 9.17) is 5.73 Å². The van der Waals surface area contributed by atoms with Crippen molar-refractivity contribution in [2.24, 2.45) is 5.41 Å². The van der Waals surface area contributed by atoms with Gasteiger partial charge in [-0.25, -0.2) is 0 Å². The van der Waals surface area contributed by atoms with Gasteiger partial charge in [-0.15, -0.1) is 0 Å². The molecule has 3 heteroatoms. The van der Waals surface area contributed by atoms with E-state index in [1.807, 2.05) is 26.1 Å². The third-order valence-electron chi connectivity index (χ3n) is 3.50. The summed E-state index contributed by atoms with van der Waals surface area (Å²) in [6.07, 6.45) is 0. The minimum atomic E-state index is 0.0211. The van der Waals surface area contributed by atoms with Crippen molar-refractivity contribution in [3.05, 3.63) is 29.3 Å². The fourth-order valence-electron chi connectivity index (χ4n) is 1.90. The van der Waals surface area contributed by atoms with Gasteiger partial charge in [0.2, 0.25) is 0 Å². The first kappa shape index (κ1) is 14.6. The molecule has 3 nitrogen and oxygen atoms in total. The zero-order valence-electron chi connectivity index (χ0n) is 12.2. The van der Waals surface area contributed by atoms with Crippen molar-refractivity contribution in [2.75, 3.05) is 12.8 Å². The van der Waals surface area contributed by atoms with Gasteiger partial charge in [0.1, 0.15) is 0 Å². The second-order valence-electron chi connectivity index (χ2n) is 6.09. The van der Waals surface area contributed by atoms with Gasteiger partial charge in [0, 0.05) is 24.3 Å². The molecule has 0 aliphatic rings. The molecule has 1 aromatic carbocycles. The van der Waals surface area contributed by atoms with E-state index in [1.54, 1.807) is 11.0 Å². The summed E-state index contributed by atoms with van der Waals surface area (Å²) in [4.78, 5) is 14.2. The fourth-order valence-corrected chi connectivity index (χ4v) is 1.90. The van der Waals surface area contributed by atoms with Crippen molar-refractivity contribution >= 4 is 11.6 Å². The molecular formula is C15H24N2O. The molecule has 100 valence electrons. The topological polar surface area (TPSA) is 46.3 Å². The standard InChI is InChI=1S/C15H24N2O/c1-10-7-12(9-13(16)8-10)14(18)17(6)11(2)15(3,4)5/h7-9,11H,16H2,1-6H3. The number of hydrogen-bond donors (Lipinski definition) is 1. The number of hydrogen-bond acceptors (Lipinski definition) is 2. The summed E-state index contributed by atoms with van der Waals surface area (Å²) >= 11 is 0. The van der Waals surface area contributed by atoms with Gasteiger partial charge >= 0.3 is 0 Å². The van der Waals surface area contributed by atoms with E-state index in [0.717, 1.165) is 5.56 Å². The van der Waals surface area contributed by atoms with E-state index in [9.17, 15) is 4.79 Å². The number of aryl methyl sites for hydroxylation is 1. The summed E-state index contributed by atoms with van der Waals surface area (Å²) in [5.74, 6) is 0.0211. The summed E-state index contributed by atoms with van der Waals surface area (Å²) in [6, 6.07) is 5.64. The van der Waals surface area contributed by atoms with Crippen molar-refractivity contribution in [1.29, 1.82) is 0 Å². The summed E-state index contributed by atoms with van der Waals surface area (Å²) in [7, 11) is 1.84. The molecule has 1 aromatic rings. The largest absolute Gasteiger partial charge is 0.399 e. The molecule has 0 saturated carbocycles. The Labute approximate surface area is 110 Å². The second kappa shape index (κ2) is 5.01. The summed E-state index contributed by atoms with van der Waals surface area (Å²) in [5, 5.41) is 0. The van der Waals surface area contributed by atoms with E-state index < -0.39 is 0 Å². The van der Waals surface area contributed by atoms with Gasteiger partial charge in [0.15, 0.2) is 0 Å². The van der Waals surface area contributed by atoms with Crippen molar-refractivity contribution in [3.63, 3.8) is 0 Å². The number of nitrogens with two attached hydrogens (primary N) is 1. The van der Waals surface area contributed by atoms with Crippen LogP contribution in [0.4, 0.5) is 5.69 Å². The number of carbonyl (C=O) groups is 1. The molecule has 0 bridgehead atoms. The first-order valence-corrected chi connectivity index (χ1v) is 6.27. The molecule has 1 rings (SSSR count). The fraction of sp³-hybridized carbons (Fsp3) is 0.533. The van der Waals surface area contributed by atoms with Crippen LogP contribution in [0.25, 0.3) is 0 Å². The Morgan fingerprint density at radius 3 is 2.28 bits per heavy atom. The summed E-state index contributed by atoms with van der Waals surface area (Å²) in [5.41, 5.74) is 8.15. The third-order valence-corrected chi connectivity index (χ3v) is 3.50. The average Bonchev–Trinajstić information content (AvgIpc) is 2.23. The quantitative estimate of drug-likeness (QED) is 0.817. The highest BCUT2D eigenvalue weighted by atomic mass is 16.2. The van der Waals surface area contributed by atoms with Crippen LogP contribution in [0, 0.1) is 12.3 Å². The molecule has 0 aliphatic heterocycles. The number of nitrogens with zero attached hydrogens (tertiary/aromatic N) is 1. The van der Waals surface area contributed by atoms with Crippen LogP contribution in [0.1, 0.15) is 43.6 Å². The third kappa shape index (κ3) is 3.25. The Morgan fingerprint density at radius 1 is 1.28 bits per heavy atom. The van der Waals surface area contributed by atoms with Gasteiger partial charge in [0.05, 0.1) is 0 Å². The van der Waals surface area contributed by atoms with Gasteiger partial charge in [-0.3, -0.25) is 4.79 Å². The molecule has 0 fully saturated rings. The number of rotatable bonds is 2. The van der Waals surface area contributed by atoms with Crippen LogP contribution in [-0.2, 0) is 0 Å². The van der Waals surface area contributed by atoms with Crippen LogP contribution in [0.2, 0.25) is 0 Å². The van der Waals surface area contributed by atoms with E-state index >= 15 is 0 Å². The van der Waals surface area contributed by atoms with Crippen molar-refractivity contribution in [2.45, 2.75) is 40.7 Å². The van der Waals surface area contributed by atoms with Gasteiger partial charge < -0.3 is 10.6 Å².